The molecule has 0 N–H and O–H groups in total. The van der Waals surface area contributed by atoms with Crippen molar-refractivity contribution in [1.82, 2.24) is 0 Å². The first kappa shape index (κ1) is 12.7. The second kappa shape index (κ2) is 7.17. The third kappa shape index (κ3) is 8.08. The molecule has 0 aromatic rings. The van der Waals surface area contributed by atoms with Crippen molar-refractivity contribution in [3.8, 4) is 0 Å². The molecule has 0 heterocycles. The van der Waals surface area contributed by atoms with Crippen LogP contribution in [0.1, 0.15) is 33.6 Å². The first-order chi connectivity index (χ1) is 6.06. The van der Waals surface area contributed by atoms with Crippen LogP contribution in [0.3, 0.4) is 0 Å². The summed E-state index contributed by atoms with van der Waals surface area (Å²) >= 11 is -2.63. The summed E-state index contributed by atoms with van der Waals surface area (Å²) in [6, 6.07) is 0. The Morgan fingerprint density at radius 2 is 1.62 bits per heavy atom. The van der Waals surface area contributed by atoms with Gasteiger partial charge in [-0.2, -0.15) is 0 Å². The fourth-order valence-electron chi connectivity index (χ4n) is 0.765. The molecule has 0 amide bonds. The summed E-state index contributed by atoms with van der Waals surface area (Å²) in [5.41, 5.74) is 0. The predicted molar refractivity (Wildman–Crippen MR) is 49.0 cm³/mol. The van der Waals surface area contributed by atoms with Gasteiger partial charge in [-0.05, 0) is 0 Å². The van der Waals surface area contributed by atoms with E-state index in [9.17, 15) is 9.59 Å². The molecule has 13 heavy (non-hydrogen) atoms. The Labute approximate surface area is 86.4 Å². The van der Waals surface area contributed by atoms with Crippen LogP contribution >= 0.6 is 0 Å². The molecular formula is C8H15O4Sn. The van der Waals surface area contributed by atoms with E-state index in [4.69, 9.17) is 6.15 Å². The Hall–Kier alpha value is -0.261. The SMILES string of the molecule is CCC[CH2][Sn]([O]C(C)=O)[O]C(C)=O. The predicted octanol–water partition coefficient (Wildman–Crippen LogP) is 1.40. The van der Waals surface area contributed by atoms with Crippen LogP contribution < -0.4 is 0 Å². The van der Waals surface area contributed by atoms with E-state index >= 15 is 0 Å². The first-order valence-corrected chi connectivity index (χ1v) is 8.63. The molecule has 75 valence electrons. The molecule has 0 fully saturated rings. The van der Waals surface area contributed by atoms with Gasteiger partial charge in [-0.3, -0.25) is 0 Å². The van der Waals surface area contributed by atoms with Crippen LogP contribution in [0.15, 0.2) is 0 Å². The van der Waals surface area contributed by atoms with Gasteiger partial charge >= 0.3 is 86.3 Å². The molecule has 0 aliphatic carbocycles. The fourth-order valence-corrected chi connectivity index (χ4v) is 5.13. The number of carbonyl (C=O) groups is 2. The van der Waals surface area contributed by atoms with E-state index in [1.807, 2.05) is 6.92 Å². The Morgan fingerprint density at radius 3 is 1.92 bits per heavy atom. The first-order valence-electron chi connectivity index (χ1n) is 4.29. The van der Waals surface area contributed by atoms with Gasteiger partial charge in [0.25, 0.3) is 0 Å². The topological polar surface area (TPSA) is 52.6 Å². The fraction of sp³-hybridized carbons (Fsp3) is 0.750. The van der Waals surface area contributed by atoms with Crippen molar-refractivity contribution in [2.24, 2.45) is 0 Å². The second-order valence-electron chi connectivity index (χ2n) is 2.66. The zero-order valence-corrected chi connectivity index (χ0v) is 11.1. The quantitative estimate of drug-likeness (QED) is 0.719. The van der Waals surface area contributed by atoms with Crippen molar-refractivity contribution in [2.45, 2.75) is 38.0 Å². The normalized spacial score (nSPS) is 9.85. The van der Waals surface area contributed by atoms with E-state index in [1.54, 1.807) is 0 Å². The summed E-state index contributed by atoms with van der Waals surface area (Å²) in [5.74, 6) is -0.682. The molecule has 0 unspecified atom stereocenters. The summed E-state index contributed by atoms with van der Waals surface area (Å²) in [4.78, 5) is 21.3. The zero-order chi connectivity index (χ0) is 10.3. The van der Waals surface area contributed by atoms with E-state index in [0.717, 1.165) is 17.3 Å². The van der Waals surface area contributed by atoms with Gasteiger partial charge < -0.3 is 0 Å². The molecule has 0 aliphatic rings. The van der Waals surface area contributed by atoms with Crippen molar-refractivity contribution >= 4 is 32.5 Å². The van der Waals surface area contributed by atoms with Crippen LogP contribution in [0, 0.1) is 0 Å². The van der Waals surface area contributed by atoms with Gasteiger partial charge in [0.1, 0.15) is 0 Å². The zero-order valence-electron chi connectivity index (χ0n) is 8.25. The number of hydrogen-bond donors (Lipinski definition) is 0. The standard InChI is InChI=1S/C4H9.2C2H4O2.Sn/c1-3-4-2;2*1-2(3)4;/h1,3-4H2,2H3;2*1H3,(H,3,4);/q;;;+2/p-2. The van der Waals surface area contributed by atoms with Crippen molar-refractivity contribution in [2.75, 3.05) is 0 Å². The van der Waals surface area contributed by atoms with Crippen LogP contribution in [-0.2, 0) is 15.7 Å². The Morgan fingerprint density at radius 1 is 1.15 bits per heavy atom. The van der Waals surface area contributed by atoms with Gasteiger partial charge in [0.15, 0.2) is 0 Å². The maximum atomic E-state index is 10.6. The molecule has 0 aromatic heterocycles. The van der Waals surface area contributed by atoms with Crippen molar-refractivity contribution in [3.05, 3.63) is 0 Å². The van der Waals surface area contributed by atoms with Crippen molar-refractivity contribution in [3.63, 3.8) is 0 Å². The summed E-state index contributed by atoms with van der Waals surface area (Å²) in [6.45, 7) is 4.73. The molecule has 0 bridgehead atoms. The minimum atomic E-state index is -2.63. The van der Waals surface area contributed by atoms with Crippen LogP contribution in [0.2, 0.25) is 4.44 Å². The average molecular weight is 294 g/mol. The molecular weight excluding hydrogens is 279 g/mol. The molecule has 0 saturated carbocycles. The van der Waals surface area contributed by atoms with Gasteiger partial charge in [0.2, 0.25) is 0 Å². The number of unbranched alkanes of at least 4 members (excludes halogenated alkanes) is 1. The van der Waals surface area contributed by atoms with Gasteiger partial charge in [-0.25, -0.2) is 0 Å². The Kier molecular flexibility index (Phi) is 7.03. The molecule has 0 aliphatic heterocycles. The van der Waals surface area contributed by atoms with Gasteiger partial charge in [0.05, 0.1) is 0 Å². The second-order valence-corrected chi connectivity index (χ2v) is 7.38. The number of rotatable bonds is 5. The van der Waals surface area contributed by atoms with E-state index in [-0.39, 0.29) is 11.9 Å². The third-order valence-electron chi connectivity index (χ3n) is 1.25. The average Bonchev–Trinajstić information content (AvgIpc) is 1.98. The van der Waals surface area contributed by atoms with Crippen molar-refractivity contribution < 1.29 is 15.7 Å². The molecule has 0 aromatic carbocycles. The van der Waals surface area contributed by atoms with Crippen LogP contribution in [-0.4, -0.2) is 32.5 Å². The van der Waals surface area contributed by atoms with E-state index in [0.29, 0.717) is 0 Å². The van der Waals surface area contributed by atoms with Gasteiger partial charge in [0, 0.05) is 0 Å². The Bertz CT molecular complexity index is 165. The summed E-state index contributed by atoms with van der Waals surface area (Å²) in [5, 5.41) is 0. The molecule has 0 rings (SSSR count). The molecule has 0 saturated heterocycles. The monoisotopic (exact) mass is 295 g/mol. The molecule has 4 nitrogen and oxygen atoms in total. The van der Waals surface area contributed by atoms with Crippen molar-refractivity contribution in [1.29, 1.82) is 0 Å². The van der Waals surface area contributed by atoms with E-state index in [1.165, 1.54) is 13.8 Å². The van der Waals surface area contributed by atoms with Crippen LogP contribution in [0.5, 0.6) is 0 Å². The summed E-state index contributed by atoms with van der Waals surface area (Å²) in [7, 11) is 0. The molecule has 5 heteroatoms. The maximum absolute atomic E-state index is 10.6. The molecule has 1 radical (unpaired) electrons. The van der Waals surface area contributed by atoms with Crippen LogP contribution in [0.25, 0.3) is 0 Å². The van der Waals surface area contributed by atoms with E-state index < -0.39 is 20.6 Å². The summed E-state index contributed by atoms with van der Waals surface area (Å²) in [6.07, 6.45) is 1.97. The van der Waals surface area contributed by atoms with Gasteiger partial charge in [-0.15, -0.1) is 0 Å². The number of hydrogen-bond acceptors (Lipinski definition) is 4. The number of carbonyl (C=O) groups excluding carboxylic acids is 2. The molecule has 0 spiro atoms. The minimum absolute atomic E-state index is 0.341. The Balaban J connectivity index is 3.87. The van der Waals surface area contributed by atoms with Crippen LogP contribution in [0.4, 0.5) is 0 Å². The van der Waals surface area contributed by atoms with E-state index in [2.05, 4.69) is 0 Å². The summed E-state index contributed by atoms with van der Waals surface area (Å²) < 4.78 is 10.7. The van der Waals surface area contributed by atoms with Gasteiger partial charge in [-0.1, -0.05) is 0 Å². The third-order valence-corrected chi connectivity index (χ3v) is 6.36. The molecule has 0 atom stereocenters.